The standard InChI is InChI=1S/C13H13N3O2/c1-15(12-5-3-2-4-6-12)14-13(17)11-7-9-16(18)10-8-11/h2-10H,1H3,(H,14,17). The third kappa shape index (κ3) is 2.76. The molecule has 18 heavy (non-hydrogen) atoms. The molecule has 1 heterocycles. The molecule has 1 N–H and O–H groups in total. The van der Waals surface area contributed by atoms with Crippen LogP contribution >= 0.6 is 0 Å². The topological polar surface area (TPSA) is 59.3 Å². The quantitative estimate of drug-likeness (QED) is 0.499. The van der Waals surface area contributed by atoms with Crippen LogP contribution in [0.25, 0.3) is 0 Å². The number of carbonyl (C=O) groups is 1. The van der Waals surface area contributed by atoms with Gasteiger partial charge in [-0.3, -0.25) is 15.2 Å². The highest BCUT2D eigenvalue weighted by atomic mass is 16.5. The number of nitrogens with zero attached hydrogens (tertiary/aromatic N) is 2. The van der Waals surface area contributed by atoms with Crippen molar-refractivity contribution >= 4 is 11.6 Å². The molecule has 0 saturated carbocycles. The lowest BCUT2D eigenvalue weighted by Crippen LogP contribution is -2.39. The maximum absolute atomic E-state index is 11.9. The zero-order chi connectivity index (χ0) is 13.0. The molecule has 0 radical (unpaired) electrons. The van der Waals surface area contributed by atoms with E-state index in [-0.39, 0.29) is 5.91 Å². The summed E-state index contributed by atoms with van der Waals surface area (Å²) in [4.78, 5) is 11.9. The summed E-state index contributed by atoms with van der Waals surface area (Å²) < 4.78 is 0.637. The molecule has 5 heteroatoms. The van der Waals surface area contributed by atoms with Crippen LogP contribution in [0.5, 0.6) is 0 Å². The Labute approximate surface area is 105 Å². The van der Waals surface area contributed by atoms with Gasteiger partial charge in [-0.25, -0.2) is 0 Å². The number of hydrogen-bond donors (Lipinski definition) is 1. The number of hydrazine groups is 1. The highest BCUT2D eigenvalue weighted by Gasteiger charge is 2.09. The second kappa shape index (κ2) is 5.18. The average molecular weight is 243 g/mol. The Balaban J connectivity index is 2.06. The molecule has 0 aliphatic heterocycles. The number of anilines is 1. The van der Waals surface area contributed by atoms with Gasteiger partial charge in [0.25, 0.3) is 5.91 Å². The van der Waals surface area contributed by atoms with Gasteiger partial charge in [0, 0.05) is 19.2 Å². The van der Waals surface area contributed by atoms with E-state index in [1.165, 1.54) is 24.5 Å². The maximum Gasteiger partial charge on any atom is 0.270 e. The Morgan fingerprint density at radius 2 is 1.78 bits per heavy atom. The zero-order valence-corrected chi connectivity index (χ0v) is 9.91. The second-order valence-corrected chi connectivity index (χ2v) is 3.78. The van der Waals surface area contributed by atoms with Crippen molar-refractivity contribution in [3.63, 3.8) is 0 Å². The van der Waals surface area contributed by atoms with E-state index >= 15 is 0 Å². The molecule has 2 aromatic rings. The Kier molecular flexibility index (Phi) is 3.43. The third-order valence-corrected chi connectivity index (χ3v) is 2.48. The van der Waals surface area contributed by atoms with Crippen molar-refractivity contribution in [1.82, 2.24) is 5.43 Å². The zero-order valence-electron chi connectivity index (χ0n) is 9.91. The molecule has 1 amide bonds. The first-order valence-electron chi connectivity index (χ1n) is 5.45. The number of carbonyl (C=O) groups excluding carboxylic acids is 1. The Hall–Kier alpha value is -2.56. The predicted molar refractivity (Wildman–Crippen MR) is 67.7 cm³/mol. The Morgan fingerprint density at radius 1 is 1.17 bits per heavy atom. The van der Waals surface area contributed by atoms with Crippen LogP contribution in [0.3, 0.4) is 0 Å². The summed E-state index contributed by atoms with van der Waals surface area (Å²) in [6.07, 6.45) is 2.58. The molecule has 0 unspecified atom stereocenters. The molecule has 0 atom stereocenters. The van der Waals surface area contributed by atoms with Gasteiger partial charge in [-0.2, -0.15) is 4.73 Å². The van der Waals surface area contributed by atoms with Gasteiger partial charge in [-0.05, 0) is 12.1 Å². The number of para-hydroxylation sites is 1. The van der Waals surface area contributed by atoms with Crippen LogP contribution in [0.2, 0.25) is 0 Å². The molecule has 2 rings (SSSR count). The van der Waals surface area contributed by atoms with E-state index in [9.17, 15) is 10.0 Å². The summed E-state index contributed by atoms with van der Waals surface area (Å²) in [6, 6.07) is 12.4. The molecule has 5 nitrogen and oxygen atoms in total. The largest absolute Gasteiger partial charge is 0.619 e. The third-order valence-electron chi connectivity index (χ3n) is 2.48. The highest BCUT2D eigenvalue weighted by Crippen LogP contribution is 2.08. The first-order chi connectivity index (χ1) is 8.66. The van der Waals surface area contributed by atoms with Crippen LogP contribution in [0.4, 0.5) is 5.69 Å². The van der Waals surface area contributed by atoms with E-state index in [2.05, 4.69) is 5.43 Å². The van der Waals surface area contributed by atoms with Gasteiger partial charge >= 0.3 is 0 Å². The minimum absolute atomic E-state index is 0.262. The van der Waals surface area contributed by atoms with Crippen molar-refractivity contribution < 1.29 is 9.52 Å². The number of nitrogens with one attached hydrogen (secondary N) is 1. The van der Waals surface area contributed by atoms with Crippen molar-refractivity contribution in [2.45, 2.75) is 0 Å². The number of pyridine rings is 1. The molecule has 92 valence electrons. The molecule has 0 aliphatic rings. The van der Waals surface area contributed by atoms with E-state index in [1.807, 2.05) is 30.3 Å². The summed E-state index contributed by atoms with van der Waals surface area (Å²) in [6.45, 7) is 0. The minimum Gasteiger partial charge on any atom is -0.619 e. The first kappa shape index (κ1) is 11.9. The van der Waals surface area contributed by atoms with Crippen molar-refractivity contribution in [2.75, 3.05) is 12.1 Å². The molecule has 1 aromatic heterocycles. The summed E-state index contributed by atoms with van der Waals surface area (Å²) in [5.41, 5.74) is 4.03. The SMILES string of the molecule is CN(NC(=O)c1cc[n+]([O-])cc1)c1ccccc1. The molecule has 0 spiro atoms. The number of benzene rings is 1. The molecule has 1 aromatic carbocycles. The molecular formula is C13H13N3O2. The lowest BCUT2D eigenvalue weighted by Gasteiger charge is -2.19. The number of aromatic nitrogens is 1. The normalized spacial score (nSPS) is 9.83. The average Bonchev–Trinajstić information content (AvgIpc) is 2.40. The van der Waals surface area contributed by atoms with Crippen molar-refractivity contribution in [3.8, 4) is 0 Å². The molecule has 0 saturated heterocycles. The fraction of sp³-hybridized carbons (Fsp3) is 0.0769. The highest BCUT2D eigenvalue weighted by molar-refractivity contribution is 5.94. The molecule has 0 aliphatic carbocycles. The van der Waals surface area contributed by atoms with Gasteiger partial charge in [0.1, 0.15) is 0 Å². The predicted octanol–water partition coefficient (Wildman–Crippen LogP) is 1.10. The minimum atomic E-state index is -0.262. The fourth-order valence-electron chi connectivity index (χ4n) is 1.50. The second-order valence-electron chi connectivity index (χ2n) is 3.78. The lowest BCUT2D eigenvalue weighted by atomic mass is 10.2. The van der Waals surface area contributed by atoms with Gasteiger partial charge in [-0.15, -0.1) is 0 Å². The first-order valence-corrected chi connectivity index (χ1v) is 5.45. The molecule has 0 bridgehead atoms. The van der Waals surface area contributed by atoms with Gasteiger partial charge in [-0.1, -0.05) is 18.2 Å². The number of amides is 1. The Morgan fingerprint density at radius 3 is 2.39 bits per heavy atom. The number of rotatable bonds is 3. The monoisotopic (exact) mass is 243 g/mol. The van der Waals surface area contributed by atoms with Gasteiger partial charge in [0.2, 0.25) is 0 Å². The summed E-state index contributed by atoms with van der Waals surface area (Å²) in [5, 5.41) is 12.5. The fourth-order valence-corrected chi connectivity index (χ4v) is 1.50. The van der Waals surface area contributed by atoms with Crippen LogP contribution in [0.1, 0.15) is 10.4 Å². The smallest absolute Gasteiger partial charge is 0.270 e. The summed E-state index contributed by atoms with van der Waals surface area (Å²) in [7, 11) is 1.75. The van der Waals surface area contributed by atoms with Gasteiger partial charge < -0.3 is 5.21 Å². The van der Waals surface area contributed by atoms with E-state index < -0.39 is 0 Å². The molecular weight excluding hydrogens is 230 g/mol. The van der Waals surface area contributed by atoms with E-state index in [0.29, 0.717) is 10.3 Å². The van der Waals surface area contributed by atoms with E-state index in [1.54, 1.807) is 12.1 Å². The van der Waals surface area contributed by atoms with Crippen molar-refractivity contribution in [3.05, 3.63) is 65.6 Å². The maximum atomic E-state index is 11.9. The van der Waals surface area contributed by atoms with Crippen LogP contribution in [-0.4, -0.2) is 13.0 Å². The summed E-state index contributed by atoms with van der Waals surface area (Å²) in [5.74, 6) is -0.262. The lowest BCUT2D eigenvalue weighted by molar-refractivity contribution is -0.605. The number of hydrogen-bond acceptors (Lipinski definition) is 3. The van der Waals surface area contributed by atoms with Crippen LogP contribution in [0.15, 0.2) is 54.9 Å². The van der Waals surface area contributed by atoms with Gasteiger partial charge in [0.15, 0.2) is 12.4 Å². The van der Waals surface area contributed by atoms with Gasteiger partial charge in [0.05, 0.1) is 11.3 Å². The molecule has 0 fully saturated rings. The van der Waals surface area contributed by atoms with Crippen LogP contribution in [-0.2, 0) is 0 Å². The Bertz CT molecular complexity index is 526. The van der Waals surface area contributed by atoms with Crippen molar-refractivity contribution in [1.29, 1.82) is 0 Å². The van der Waals surface area contributed by atoms with E-state index in [0.717, 1.165) is 5.69 Å². The van der Waals surface area contributed by atoms with Crippen molar-refractivity contribution in [2.24, 2.45) is 0 Å². The summed E-state index contributed by atoms with van der Waals surface area (Å²) >= 11 is 0. The van der Waals surface area contributed by atoms with Crippen LogP contribution in [0, 0.1) is 5.21 Å². The van der Waals surface area contributed by atoms with E-state index in [4.69, 9.17) is 0 Å². The van der Waals surface area contributed by atoms with Crippen LogP contribution < -0.4 is 15.2 Å².